The quantitative estimate of drug-likeness (QED) is 0.361. The van der Waals surface area contributed by atoms with Crippen molar-refractivity contribution in [3.63, 3.8) is 0 Å². The van der Waals surface area contributed by atoms with Crippen LogP contribution in [0, 0.1) is 11.7 Å². The van der Waals surface area contributed by atoms with Gasteiger partial charge >= 0.3 is 6.18 Å². The topological polar surface area (TPSA) is 55.4 Å². The fourth-order valence-electron chi connectivity index (χ4n) is 3.05. The molecule has 2 aromatic carbocycles. The number of halogens is 4. The van der Waals surface area contributed by atoms with Crippen molar-refractivity contribution >= 4 is 17.1 Å². The van der Waals surface area contributed by atoms with Gasteiger partial charge in [0.2, 0.25) is 0 Å². The molecule has 0 aromatic heterocycles. The molecule has 0 atom stereocenters. The molecule has 0 fully saturated rings. The third kappa shape index (κ3) is 5.55. The Balaban J connectivity index is 2.66. The molecule has 0 amide bonds. The van der Waals surface area contributed by atoms with Gasteiger partial charge in [0.1, 0.15) is 12.4 Å². The number of allylic oxidation sites excluding steroid dienone is 1. The molecule has 7 heteroatoms. The Labute approximate surface area is 173 Å². The fraction of sp³-hybridized carbons (Fsp3) is 0.304. The van der Waals surface area contributed by atoms with E-state index in [2.05, 4.69) is 4.99 Å². The van der Waals surface area contributed by atoms with E-state index in [4.69, 9.17) is 5.73 Å². The van der Waals surface area contributed by atoms with Gasteiger partial charge in [-0.1, -0.05) is 51.1 Å². The number of carbonyl (C=O) groups is 1. The largest absolute Gasteiger partial charge is 0.407 e. The zero-order chi connectivity index (χ0) is 22.5. The first-order valence-electron chi connectivity index (χ1n) is 9.54. The monoisotopic (exact) mass is 420 g/mol. The summed E-state index contributed by atoms with van der Waals surface area (Å²) in [7, 11) is 0. The van der Waals surface area contributed by atoms with Crippen molar-refractivity contribution in [3.8, 4) is 0 Å². The Morgan fingerprint density at radius 3 is 2.27 bits per heavy atom. The Bertz CT molecular complexity index is 961. The van der Waals surface area contributed by atoms with E-state index < -0.39 is 18.5 Å². The summed E-state index contributed by atoms with van der Waals surface area (Å²) in [6.45, 7) is 3.82. The van der Waals surface area contributed by atoms with Gasteiger partial charge in [-0.3, -0.25) is 9.79 Å². The second kappa shape index (κ2) is 9.69. The van der Waals surface area contributed by atoms with Gasteiger partial charge in [0.25, 0.3) is 0 Å². The summed E-state index contributed by atoms with van der Waals surface area (Å²) in [5.74, 6) is -1.27. The summed E-state index contributed by atoms with van der Waals surface area (Å²) >= 11 is 0. The molecule has 2 N–H and O–H groups in total. The first-order valence-corrected chi connectivity index (χ1v) is 9.54. The van der Waals surface area contributed by atoms with Crippen molar-refractivity contribution in [2.24, 2.45) is 16.6 Å². The summed E-state index contributed by atoms with van der Waals surface area (Å²) in [4.78, 5) is 16.1. The Morgan fingerprint density at radius 2 is 1.77 bits per heavy atom. The highest BCUT2D eigenvalue weighted by Gasteiger charge is 2.28. The molecule has 3 nitrogen and oxygen atoms in total. The van der Waals surface area contributed by atoms with E-state index in [-0.39, 0.29) is 34.1 Å². The summed E-state index contributed by atoms with van der Waals surface area (Å²) in [5.41, 5.74) is 6.92. The average Bonchev–Trinajstić information content (AvgIpc) is 2.70. The van der Waals surface area contributed by atoms with Gasteiger partial charge in [-0.05, 0) is 24.1 Å². The second-order valence-corrected chi connectivity index (χ2v) is 7.09. The van der Waals surface area contributed by atoms with Crippen LogP contribution in [0.2, 0.25) is 0 Å². The van der Waals surface area contributed by atoms with Gasteiger partial charge in [0.05, 0.1) is 5.71 Å². The lowest BCUT2D eigenvalue weighted by Crippen LogP contribution is -2.17. The molecule has 2 rings (SSSR count). The predicted octanol–water partition coefficient (Wildman–Crippen LogP) is 5.58. The minimum Gasteiger partial charge on any atom is -0.404 e. The summed E-state index contributed by atoms with van der Waals surface area (Å²) in [6, 6.07) is 10.7. The molecular weight excluding hydrogens is 396 g/mol. The number of aryl methyl sites for hydroxylation is 1. The molecular formula is C23H24F4N2O. The molecule has 0 saturated carbocycles. The zero-order valence-electron chi connectivity index (χ0n) is 17.1. The maximum atomic E-state index is 15.1. The van der Waals surface area contributed by atoms with Crippen LogP contribution in [0.3, 0.4) is 0 Å². The lowest BCUT2D eigenvalue weighted by molar-refractivity contribution is -0.118. The fourth-order valence-corrected chi connectivity index (χ4v) is 3.05. The molecule has 0 bridgehead atoms. The number of carbonyl (C=O) groups excluding carboxylic acids is 1. The van der Waals surface area contributed by atoms with Crippen LogP contribution in [0.25, 0.3) is 5.57 Å². The molecule has 30 heavy (non-hydrogen) atoms. The summed E-state index contributed by atoms with van der Waals surface area (Å²) < 4.78 is 53.6. The number of nitrogens with zero attached hydrogens (tertiary/aromatic N) is 1. The van der Waals surface area contributed by atoms with Crippen molar-refractivity contribution in [3.05, 3.63) is 76.7 Å². The normalized spacial score (nSPS) is 13.1. The van der Waals surface area contributed by atoms with E-state index in [1.165, 1.54) is 6.07 Å². The minimum atomic E-state index is -4.53. The van der Waals surface area contributed by atoms with Crippen molar-refractivity contribution in [1.29, 1.82) is 0 Å². The van der Waals surface area contributed by atoms with Gasteiger partial charge in [-0.2, -0.15) is 13.2 Å². The Hall–Kier alpha value is -2.96. The van der Waals surface area contributed by atoms with Gasteiger partial charge in [0.15, 0.2) is 5.78 Å². The van der Waals surface area contributed by atoms with Gasteiger partial charge in [-0.15, -0.1) is 0 Å². The van der Waals surface area contributed by atoms with E-state index in [9.17, 15) is 18.0 Å². The molecule has 0 spiro atoms. The number of rotatable bonds is 7. The predicted molar refractivity (Wildman–Crippen MR) is 111 cm³/mol. The molecule has 0 aliphatic rings. The molecule has 0 saturated heterocycles. The van der Waals surface area contributed by atoms with Crippen LogP contribution < -0.4 is 5.73 Å². The number of hydrogen-bond donors (Lipinski definition) is 1. The van der Waals surface area contributed by atoms with Crippen molar-refractivity contribution in [1.82, 2.24) is 0 Å². The van der Waals surface area contributed by atoms with E-state index in [0.29, 0.717) is 17.5 Å². The molecule has 0 heterocycles. The number of Topliss-reactive ketones (excluding diaryl/α,β-unsaturated/α-hetero) is 1. The Kier molecular flexibility index (Phi) is 7.54. The highest BCUT2D eigenvalue weighted by Crippen LogP contribution is 2.28. The average molecular weight is 420 g/mol. The van der Waals surface area contributed by atoms with Crippen LogP contribution in [0.1, 0.15) is 47.8 Å². The zero-order valence-corrected chi connectivity index (χ0v) is 17.1. The number of alkyl halides is 3. The van der Waals surface area contributed by atoms with Gasteiger partial charge in [0, 0.05) is 34.4 Å². The van der Waals surface area contributed by atoms with Gasteiger partial charge < -0.3 is 5.73 Å². The highest BCUT2D eigenvalue weighted by molar-refractivity contribution is 6.31. The number of benzene rings is 2. The lowest BCUT2D eigenvalue weighted by Gasteiger charge is -2.17. The van der Waals surface area contributed by atoms with E-state index in [1.54, 1.807) is 44.2 Å². The molecule has 0 aliphatic carbocycles. The van der Waals surface area contributed by atoms with Crippen LogP contribution in [-0.4, -0.2) is 24.2 Å². The Morgan fingerprint density at radius 1 is 1.13 bits per heavy atom. The smallest absolute Gasteiger partial charge is 0.404 e. The third-order valence-electron chi connectivity index (χ3n) is 4.54. The van der Waals surface area contributed by atoms with Crippen molar-refractivity contribution < 1.29 is 22.4 Å². The minimum absolute atomic E-state index is 0.000524. The van der Waals surface area contributed by atoms with E-state index in [0.717, 1.165) is 12.3 Å². The standard InChI is InChI=1S/C23H24F4N2O/c1-4-15-10-18(20(24)11-17(15)22(30)14(2)3)19(12-28)21(29-13-23(25,26)27)16-8-6-5-7-9-16/h5-12,14H,4,13,28H2,1-3H3/b19-12-,29-21?. The number of aliphatic imine (C=N–C) groups is 1. The van der Waals surface area contributed by atoms with E-state index in [1.807, 2.05) is 6.92 Å². The first-order chi connectivity index (χ1) is 14.1. The lowest BCUT2D eigenvalue weighted by atomic mass is 9.89. The second-order valence-electron chi connectivity index (χ2n) is 7.09. The molecule has 2 aromatic rings. The van der Waals surface area contributed by atoms with Crippen LogP contribution in [-0.2, 0) is 6.42 Å². The van der Waals surface area contributed by atoms with Crippen LogP contribution in [0.5, 0.6) is 0 Å². The summed E-state index contributed by atoms with van der Waals surface area (Å²) in [5, 5.41) is 0. The molecule has 160 valence electrons. The van der Waals surface area contributed by atoms with Gasteiger partial charge in [-0.25, -0.2) is 4.39 Å². The third-order valence-corrected chi connectivity index (χ3v) is 4.54. The van der Waals surface area contributed by atoms with Crippen molar-refractivity contribution in [2.75, 3.05) is 6.54 Å². The van der Waals surface area contributed by atoms with Crippen LogP contribution in [0.15, 0.2) is 53.7 Å². The highest BCUT2D eigenvalue weighted by atomic mass is 19.4. The maximum Gasteiger partial charge on any atom is 0.407 e. The number of nitrogens with two attached hydrogens (primary N) is 1. The SMILES string of the molecule is CCc1cc(/C(=C/N)C(=NCC(F)(F)F)c2ccccc2)c(F)cc1C(=O)C(C)C. The number of hydrogen-bond acceptors (Lipinski definition) is 3. The maximum absolute atomic E-state index is 15.1. The molecule has 0 aliphatic heterocycles. The molecule has 0 radical (unpaired) electrons. The van der Waals surface area contributed by atoms with Crippen molar-refractivity contribution in [2.45, 2.75) is 33.4 Å². The first kappa shape index (κ1) is 23.3. The number of ketones is 1. The van der Waals surface area contributed by atoms with Crippen LogP contribution in [0.4, 0.5) is 17.6 Å². The molecule has 0 unspecified atom stereocenters. The van der Waals surface area contributed by atoms with Crippen LogP contribution >= 0.6 is 0 Å². The summed E-state index contributed by atoms with van der Waals surface area (Å²) in [6.07, 6.45) is -3.04. The van der Waals surface area contributed by atoms with E-state index >= 15 is 4.39 Å².